The molecule has 0 aromatic heterocycles. The monoisotopic (exact) mass is 365 g/mol. The number of fused-ring (bicyclic) bond motifs is 2. The lowest BCUT2D eigenvalue weighted by atomic mass is 9.86. The Hall–Kier alpha value is -1.46. The van der Waals surface area contributed by atoms with Gasteiger partial charge in [-0.25, -0.2) is 0 Å². The van der Waals surface area contributed by atoms with E-state index in [-0.39, 0.29) is 5.91 Å². The van der Waals surface area contributed by atoms with Gasteiger partial charge in [-0.1, -0.05) is 11.6 Å². The maximum atomic E-state index is 12.9. The second kappa shape index (κ2) is 7.42. The molecule has 3 aliphatic heterocycles. The normalized spacial score (nSPS) is 25.9. The lowest BCUT2D eigenvalue weighted by Gasteiger charge is -2.44. The molecule has 2 atom stereocenters. The maximum absolute atomic E-state index is 12.9. The summed E-state index contributed by atoms with van der Waals surface area (Å²) in [6, 6.07) is 4.06. The maximum Gasteiger partial charge on any atom is 0.227 e. The SMILES string of the molecule is O=C(Cc1cc(Cl)c2c(c1)OCCCO2)N1CCC[C@H]2COCC[C@@H]21. The van der Waals surface area contributed by atoms with Crippen LogP contribution in [-0.2, 0) is 16.0 Å². The van der Waals surface area contributed by atoms with Crippen LogP contribution in [0.3, 0.4) is 0 Å². The number of amides is 1. The van der Waals surface area contributed by atoms with Gasteiger partial charge in [-0.3, -0.25) is 4.79 Å². The Morgan fingerprint density at radius 1 is 1.16 bits per heavy atom. The second-order valence-electron chi connectivity index (χ2n) is 7.05. The molecule has 1 aromatic rings. The Balaban J connectivity index is 1.50. The first-order chi connectivity index (χ1) is 12.2. The highest BCUT2D eigenvalue weighted by Gasteiger charge is 2.36. The van der Waals surface area contributed by atoms with Crippen LogP contribution in [0.15, 0.2) is 12.1 Å². The van der Waals surface area contributed by atoms with E-state index in [9.17, 15) is 4.79 Å². The first-order valence-electron chi connectivity index (χ1n) is 9.17. The van der Waals surface area contributed by atoms with Crippen molar-refractivity contribution in [1.29, 1.82) is 0 Å². The number of rotatable bonds is 2. The van der Waals surface area contributed by atoms with E-state index in [1.807, 2.05) is 12.1 Å². The summed E-state index contributed by atoms with van der Waals surface area (Å²) >= 11 is 6.35. The van der Waals surface area contributed by atoms with E-state index >= 15 is 0 Å². The molecule has 0 unspecified atom stereocenters. The van der Waals surface area contributed by atoms with Crippen molar-refractivity contribution in [3.05, 3.63) is 22.7 Å². The fourth-order valence-electron chi connectivity index (χ4n) is 4.13. The number of likely N-dealkylation sites (tertiary alicyclic amines) is 1. The highest BCUT2D eigenvalue weighted by atomic mass is 35.5. The van der Waals surface area contributed by atoms with Gasteiger partial charge < -0.3 is 19.1 Å². The molecule has 0 bridgehead atoms. The van der Waals surface area contributed by atoms with Crippen LogP contribution in [0, 0.1) is 5.92 Å². The molecule has 2 saturated heterocycles. The standard InChI is InChI=1S/C19H24ClNO4/c20-15-9-13(10-17-19(15)25-7-2-6-24-17)11-18(22)21-5-1-3-14-12-23-8-4-16(14)21/h9-10,14,16H,1-8,11-12H2/t14-,16-/m0/s1. The molecule has 0 aliphatic carbocycles. The Bertz CT molecular complexity index is 649. The zero-order valence-corrected chi connectivity index (χ0v) is 15.1. The summed E-state index contributed by atoms with van der Waals surface area (Å²) in [6.45, 7) is 3.59. The third-order valence-corrected chi connectivity index (χ3v) is 5.63. The minimum atomic E-state index is 0.169. The third kappa shape index (κ3) is 3.58. The molecule has 0 radical (unpaired) electrons. The van der Waals surface area contributed by atoms with Crippen LogP contribution in [0.4, 0.5) is 0 Å². The highest BCUT2D eigenvalue weighted by Crippen LogP contribution is 2.38. The van der Waals surface area contributed by atoms with Crippen molar-refractivity contribution < 1.29 is 19.0 Å². The lowest BCUT2D eigenvalue weighted by molar-refractivity contribution is -0.139. The Labute approximate surface area is 153 Å². The van der Waals surface area contributed by atoms with Crippen LogP contribution < -0.4 is 9.47 Å². The van der Waals surface area contributed by atoms with Crippen LogP contribution in [0.2, 0.25) is 5.02 Å². The topological polar surface area (TPSA) is 48.0 Å². The number of benzene rings is 1. The molecule has 4 rings (SSSR count). The molecule has 0 spiro atoms. The predicted molar refractivity (Wildman–Crippen MR) is 94.4 cm³/mol. The van der Waals surface area contributed by atoms with Crippen LogP contribution >= 0.6 is 11.6 Å². The molecule has 5 nitrogen and oxygen atoms in total. The summed E-state index contributed by atoms with van der Waals surface area (Å²) in [5.74, 6) is 1.90. The molecule has 2 fully saturated rings. The molecule has 136 valence electrons. The van der Waals surface area contributed by atoms with Crippen molar-refractivity contribution in [2.24, 2.45) is 5.92 Å². The van der Waals surface area contributed by atoms with Crippen LogP contribution in [0.1, 0.15) is 31.2 Å². The first kappa shape index (κ1) is 17.0. The van der Waals surface area contributed by atoms with Gasteiger partial charge in [0.25, 0.3) is 0 Å². The quantitative estimate of drug-likeness (QED) is 0.808. The van der Waals surface area contributed by atoms with Crippen LogP contribution in [-0.4, -0.2) is 49.8 Å². The van der Waals surface area contributed by atoms with Crippen molar-refractivity contribution in [3.8, 4) is 11.5 Å². The first-order valence-corrected chi connectivity index (χ1v) is 9.55. The minimum absolute atomic E-state index is 0.169. The molecule has 1 aromatic carbocycles. The van der Waals surface area contributed by atoms with E-state index in [1.54, 1.807) is 0 Å². The summed E-state index contributed by atoms with van der Waals surface area (Å²) in [6.07, 6.45) is 4.33. The Morgan fingerprint density at radius 3 is 2.96 bits per heavy atom. The summed E-state index contributed by atoms with van der Waals surface area (Å²) in [5.41, 5.74) is 0.883. The predicted octanol–water partition coefficient (Wildman–Crippen LogP) is 3.07. The van der Waals surface area contributed by atoms with E-state index < -0.39 is 0 Å². The average Bonchev–Trinajstić information content (AvgIpc) is 2.87. The van der Waals surface area contributed by atoms with Crippen LogP contribution in [0.25, 0.3) is 0 Å². The minimum Gasteiger partial charge on any atom is -0.489 e. The second-order valence-corrected chi connectivity index (χ2v) is 7.46. The largest absolute Gasteiger partial charge is 0.489 e. The molecule has 6 heteroatoms. The van der Waals surface area contributed by atoms with Gasteiger partial charge in [-0.2, -0.15) is 0 Å². The Kier molecular flexibility index (Phi) is 5.04. The molecule has 3 heterocycles. The van der Waals surface area contributed by atoms with Gasteiger partial charge in [0.15, 0.2) is 11.5 Å². The third-order valence-electron chi connectivity index (χ3n) is 5.35. The molecular weight excluding hydrogens is 342 g/mol. The van der Waals surface area contributed by atoms with E-state index in [0.717, 1.165) is 51.0 Å². The number of carbonyl (C=O) groups is 1. The Morgan fingerprint density at radius 2 is 2.04 bits per heavy atom. The van der Waals surface area contributed by atoms with Crippen molar-refractivity contribution in [2.45, 2.75) is 38.1 Å². The van der Waals surface area contributed by atoms with Crippen LogP contribution in [0.5, 0.6) is 11.5 Å². The number of piperidine rings is 1. The summed E-state index contributed by atoms with van der Waals surface area (Å²) in [7, 11) is 0. The molecule has 1 amide bonds. The van der Waals surface area contributed by atoms with Crippen molar-refractivity contribution in [1.82, 2.24) is 4.90 Å². The van der Waals surface area contributed by atoms with Crippen molar-refractivity contribution >= 4 is 17.5 Å². The number of nitrogens with zero attached hydrogens (tertiary/aromatic N) is 1. The van der Waals surface area contributed by atoms with Crippen molar-refractivity contribution in [2.75, 3.05) is 33.0 Å². The van der Waals surface area contributed by atoms with Gasteiger partial charge in [-0.05, 0) is 37.0 Å². The van der Waals surface area contributed by atoms with Gasteiger partial charge in [0.2, 0.25) is 5.91 Å². The van der Waals surface area contributed by atoms with E-state index in [1.165, 1.54) is 0 Å². The summed E-state index contributed by atoms with van der Waals surface area (Å²) in [5, 5.41) is 0.518. The van der Waals surface area contributed by atoms with Crippen molar-refractivity contribution in [3.63, 3.8) is 0 Å². The summed E-state index contributed by atoms with van der Waals surface area (Å²) < 4.78 is 17.0. The number of hydrogen-bond acceptors (Lipinski definition) is 4. The zero-order chi connectivity index (χ0) is 17.2. The van der Waals surface area contributed by atoms with E-state index in [4.69, 9.17) is 25.8 Å². The highest BCUT2D eigenvalue weighted by molar-refractivity contribution is 6.32. The zero-order valence-electron chi connectivity index (χ0n) is 14.3. The molecule has 3 aliphatic rings. The van der Waals surface area contributed by atoms with E-state index in [2.05, 4.69) is 4.90 Å². The van der Waals surface area contributed by atoms with Gasteiger partial charge in [-0.15, -0.1) is 0 Å². The smallest absolute Gasteiger partial charge is 0.227 e. The number of carbonyl (C=O) groups excluding carboxylic acids is 1. The molecular formula is C19H24ClNO4. The fraction of sp³-hybridized carbons (Fsp3) is 0.632. The number of halogens is 1. The van der Waals surface area contributed by atoms with Gasteiger partial charge >= 0.3 is 0 Å². The van der Waals surface area contributed by atoms with E-state index in [0.29, 0.717) is 48.1 Å². The average molecular weight is 366 g/mol. The lowest BCUT2D eigenvalue weighted by Crippen LogP contribution is -2.52. The van der Waals surface area contributed by atoms with Gasteiger partial charge in [0.05, 0.1) is 31.3 Å². The molecule has 0 N–H and O–H groups in total. The fourth-order valence-corrected chi connectivity index (χ4v) is 4.42. The van der Waals surface area contributed by atoms with Gasteiger partial charge in [0, 0.05) is 31.5 Å². The van der Waals surface area contributed by atoms with Gasteiger partial charge in [0.1, 0.15) is 0 Å². The number of ether oxygens (including phenoxy) is 3. The number of hydrogen-bond donors (Lipinski definition) is 0. The molecule has 25 heavy (non-hydrogen) atoms. The molecule has 0 saturated carbocycles. The summed E-state index contributed by atoms with van der Waals surface area (Å²) in [4.78, 5) is 15.0.